The molecule has 0 saturated heterocycles. The SMILES string of the molecule is COCC[C@@H](C=O)C(=O)OC. The van der Waals surface area contributed by atoms with Crippen molar-refractivity contribution < 1.29 is 19.1 Å². The smallest absolute Gasteiger partial charge is 0.315 e. The molecule has 0 aliphatic carbocycles. The van der Waals surface area contributed by atoms with Crippen LogP contribution in [0.5, 0.6) is 0 Å². The van der Waals surface area contributed by atoms with Crippen molar-refractivity contribution in [3.63, 3.8) is 0 Å². The van der Waals surface area contributed by atoms with Crippen molar-refractivity contribution >= 4 is 12.3 Å². The lowest BCUT2D eigenvalue weighted by Crippen LogP contribution is -2.19. The van der Waals surface area contributed by atoms with Gasteiger partial charge in [0.05, 0.1) is 7.11 Å². The zero-order valence-electron chi connectivity index (χ0n) is 6.70. The Kier molecular flexibility index (Phi) is 5.37. The van der Waals surface area contributed by atoms with Crippen molar-refractivity contribution in [3.8, 4) is 0 Å². The van der Waals surface area contributed by atoms with Crippen molar-refractivity contribution in [1.29, 1.82) is 0 Å². The minimum atomic E-state index is -0.681. The minimum Gasteiger partial charge on any atom is -0.468 e. The number of carbonyl (C=O) groups is 2. The number of esters is 1. The Morgan fingerprint density at radius 1 is 1.55 bits per heavy atom. The number of rotatable bonds is 5. The summed E-state index contributed by atoms with van der Waals surface area (Å²) >= 11 is 0. The predicted molar refractivity (Wildman–Crippen MR) is 38.1 cm³/mol. The van der Waals surface area contributed by atoms with Crippen molar-refractivity contribution in [3.05, 3.63) is 0 Å². The molecule has 0 saturated carbocycles. The van der Waals surface area contributed by atoms with Crippen LogP contribution in [-0.2, 0) is 19.1 Å². The zero-order valence-corrected chi connectivity index (χ0v) is 6.70. The second kappa shape index (κ2) is 5.85. The Morgan fingerprint density at radius 3 is 2.55 bits per heavy atom. The lowest BCUT2D eigenvalue weighted by Gasteiger charge is -2.05. The second-order valence-electron chi connectivity index (χ2n) is 2.05. The molecule has 0 spiro atoms. The van der Waals surface area contributed by atoms with Gasteiger partial charge in [-0.05, 0) is 6.42 Å². The Balaban J connectivity index is 3.74. The molecule has 0 amide bonds. The largest absolute Gasteiger partial charge is 0.468 e. The van der Waals surface area contributed by atoms with Gasteiger partial charge in [-0.1, -0.05) is 0 Å². The number of methoxy groups -OCH3 is 2. The van der Waals surface area contributed by atoms with Gasteiger partial charge in [0.1, 0.15) is 12.2 Å². The molecule has 0 bridgehead atoms. The number of aldehydes is 1. The van der Waals surface area contributed by atoms with Crippen LogP contribution in [0.15, 0.2) is 0 Å². The molecule has 0 heterocycles. The second-order valence-corrected chi connectivity index (χ2v) is 2.05. The van der Waals surface area contributed by atoms with Gasteiger partial charge in [-0.2, -0.15) is 0 Å². The summed E-state index contributed by atoms with van der Waals surface area (Å²) in [5.41, 5.74) is 0. The average molecular weight is 160 g/mol. The molecule has 64 valence electrons. The maximum atomic E-state index is 10.7. The van der Waals surface area contributed by atoms with Crippen LogP contribution in [0.1, 0.15) is 6.42 Å². The summed E-state index contributed by atoms with van der Waals surface area (Å²) in [6, 6.07) is 0. The molecule has 11 heavy (non-hydrogen) atoms. The lowest BCUT2D eigenvalue weighted by molar-refractivity contribution is -0.147. The third-order valence-corrected chi connectivity index (χ3v) is 1.30. The first-order valence-electron chi connectivity index (χ1n) is 3.28. The van der Waals surface area contributed by atoms with Gasteiger partial charge in [0.15, 0.2) is 0 Å². The summed E-state index contributed by atoms with van der Waals surface area (Å²) in [6.45, 7) is 0.387. The third kappa shape index (κ3) is 3.72. The Morgan fingerprint density at radius 2 is 2.18 bits per heavy atom. The summed E-state index contributed by atoms with van der Waals surface area (Å²) < 4.78 is 9.08. The number of hydrogen-bond acceptors (Lipinski definition) is 4. The van der Waals surface area contributed by atoms with E-state index in [1.54, 1.807) is 0 Å². The highest BCUT2D eigenvalue weighted by molar-refractivity contribution is 5.87. The van der Waals surface area contributed by atoms with Gasteiger partial charge in [0.2, 0.25) is 0 Å². The van der Waals surface area contributed by atoms with E-state index in [1.165, 1.54) is 14.2 Å². The first-order valence-corrected chi connectivity index (χ1v) is 3.28. The molecule has 0 aliphatic rings. The molecule has 4 nitrogen and oxygen atoms in total. The van der Waals surface area contributed by atoms with Crippen LogP contribution < -0.4 is 0 Å². The van der Waals surface area contributed by atoms with Crippen LogP contribution in [0, 0.1) is 5.92 Å². The van der Waals surface area contributed by atoms with Crippen molar-refractivity contribution in [2.45, 2.75) is 6.42 Å². The molecule has 1 atom stereocenters. The number of hydrogen-bond donors (Lipinski definition) is 0. The molecular weight excluding hydrogens is 148 g/mol. The van der Waals surface area contributed by atoms with Gasteiger partial charge in [-0.25, -0.2) is 0 Å². The van der Waals surface area contributed by atoms with E-state index in [9.17, 15) is 9.59 Å². The Hall–Kier alpha value is -0.900. The van der Waals surface area contributed by atoms with E-state index in [1.807, 2.05) is 0 Å². The monoisotopic (exact) mass is 160 g/mol. The predicted octanol–water partition coefficient (Wildman–Crippen LogP) is 0.0110. The van der Waals surface area contributed by atoms with Crippen molar-refractivity contribution in [1.82, 2.24) is 0 Å². The molecular formula is C7H12O4. The fourth-order valence-corrected chi connectivity index (χ4v) is 0.638. The maximum absolute atomic E-state index is 10.7. The Labute approximate surface area is 65.5 Å². The van der Waals surface area contributed by atoms with Gasteiger partial charge in [-0.3, -0.25) is 4.79 Å². The van der Waals surface area contributed by atoms with Crippen LogP contribution in [-0.4, -0.2) is 33.1 Å². The molecule has 0 aromatic carbocycles. The topological polar surface area (TPSA) is 52.6 Å². The van der Waals surface area contributed by atoms with Crippen molar-refractivity contribution in [2.75, 3.05) is 20.8 Å². The molecule has 0 unspecified atom stereocenters. The third-order valence-electron chi connectivity index (χ3n) is 1.30. The van der Waals surface area contributed by atoms with Gasteiger partial charge in [0, 0.05) is 13.7 Å². The minimum absolute atomic E-state index is 0.382. The van der Waals surface area contributed by atoms with E-state index < -0.39 is 11.9 Å². The highest BCUT2D eigenvalue weighted by Crippen LogP contribution is 2.01. The highest BCUT2D eigenvalue weighted by atomic mass is 16.5. The quantitative estimate of drug-likeness (QED) is 0.323. The first kappa shape index (κ1) is 10.1. The fraction of sp³-hybridized carbons (Fsp3) is 0.714. The van der Waals surface area contributed by atoms with E-state index >= 15 is 0 Å². The molecule has 0 aromatic rings. The summed E-state index contributed by atoms with van der Waals surface area (Å²) in [5.74, 6) is -1.18. The fourth-order valence-electron chi connectivity index (χ4n) is 0.638. The van der Waals surface area contributed by atoms with Gasteiger partial charge in [0.25, 0.3) is 0 Å². The highest BCUT2D eigenvalue weighted by Gasteiger charge is 2.16. The lowest BCUT2D eigenvalue weighted by atomic mass is 10.1. The number of ether oxygens (including phenoxy) is 2. The van der Waals surface area contributed by atoms with Crippen LogP contribution in [0.25, 0.3) is 0 Å². The number of carbonyl (C=O) groups excluding carboxylic acids is 2. The molecule has 0 fully saturated rings. The Bertz CT molecular complexity index is 132. The van der Waals surface area contributed by atoms with Crippen LogP contribution in [0.3, 0.4) is 0 Å². The zero-order chi connectivity index (χ0) is 8.69. The molecule has 0 rings (SSSR count). The van der Waals surface area contributed by atoms with E-state index in [-0.39, 0.29) is 0 Å². The van der Waals surface area contributed by atoms with E-state index in [0.29, 0.717) is 19.3 Å². The molecule has 0 N–H and O–H groups in total. The van der Waals surface area contributed by atoms with Crippen LogP contribution in [0.4, 0.5) is 0 Å². The molecule has 0 aromatic heterocycles. The van der Waals surface area contributed by atoms with E-state index in [2.05, 4.69) is 4.74 Å². The standard InChI is InChI=1S/C7H12O4/c1-10-4-3-6(5-8)7(9)11-2/h5-6H,3-4H2,1-2H3/t6-/m0/s1. The first-order chi connectivity index (χ1) is 5.26. The summed E-state index contributed by atoms with van der Waals surface area (Å²) in [6.07, 6.45) is 0.956. The maximum Gasteiger partial charge on any atom is 0.315 e. The molecule has 0 radical (unpaired) electrons. The summed E-state index contributed by atoms with van der Waals surface area (Å²) in [7, 11) is 2.77. The average Bonchev–Trinajstić information content (AvgIpc) is 2.05. The van der Waals surface area contributed by atoms with Gasteiger partial charge in [-0.15, -0.1) is 0 Å². The van der Waals surface area contributed by atoms with Gasteiger partial charge < -0.3 is 14.3 Å². The van der Waals surface area contributed by atoms with E-state index in [4.69, 9.17) is 4.74 Å². The van der Waals surface area contributed by atoms with Crippen molar-refractivity contribution in [2.24, 2.45) is 5.92 Å². The van der Waals surface area contributed by atoms with Crippen LogP contribution >= 0.6 is 0 Å². The normalized spacial score (nSPS) is 12.2. The van der Waals surface area contributed by atoms with Gasteiger partial charge >= 0.3 is 5.97 Å². The van der Waals surface area contributed by atoms with Crippen LogP contribution in [0.2, 0.25) is 0 Å². The molecule has 4 heteroatoms. The summed E-state index contributed by atoms with van der Waals surface area (Å²) in [4.78, 5) is 21.0. The summed E-state index contributed by atoms with van der Waals surface area (Å²) in [5, 5.41) is 0. The molecule has 0 aliphatic heterocycles. The van der Waals surface area contributed by atoms with E-state index in [0.717, 1.165) is 0 Å².